The van der Waals surface area contributed by atoms with E-state index in [9.17, 15) is 4.79 Å². The molecule has 1 rings (SSSR count). The normalized spacial score (nSPS) is 6.15. The molecule has 0 aromatic carbocycles. The predicted molar refractivity (Wildman–Crippen MR) is 43.1 cm³/mol. The number of rotatable bonds is 1. The predicted octanol–water partition coefficient (Wildman–Crippen LogP) is -1.23. The summed E-state index contributed by atoms with van der Waals surface area (Å²) in [7, 11) is 0. The fourth-order valence-electron chi connectivity index (χ4n) is 0.408. The molecule has 0 saturated carbocycles. The SMILES string of the molecule is O.O.O=C(O)Oc1ccco1.[CaH2].[Zn]. The molecule has 0 saturated heterocycles. The van der Waals surface area contributed by atoms with Crippen LogP contribution in [0.3, 0.4) is 0 Å². The van der Waals surface area contributed by atoms with Crippen LogP contribution in [0, 0.1) is 0 Å². The first kappa shape index (κ1) is 23.3. The Morgan fingerprint density at radius 3 is 2.31 bits per heavy atom. The Hall–Kier alpha value is 0.353. The quantitative estimate of drug-likeness (QED) is 0.507. The molecule has 0 aliphatic heterocycles. The standard InChI is InChI=1S/C5H4O4.Ca.2H2O.Zn.2H/c6-5(7)9-4-2-1-3-8-4;;;;;;/h1-3H,(H,6,7);;2*1H2;;;. The van der Waals surface area contributed by atoms with E-state index in [1.54, 1.807) is 0 Å². The number of hydrogen-bond acceptors (Lipinski definition) is 3. The number of furan rings is 1. The Morgan fingerprint density at radius 1 is 1.46 bits per heavy atom. The molecule has 0 fully saturated rings. The Bertz CT molecular complexity index is 201. The van der Waals surface area contributed by atoms with Gasteiger partial charge in [-0.15, -0.1) is 0 Å². The molecule has 1 aromatic rings. The van der Waals surface area contributed by atoms with Crippen molar-refractivity contribution in [1.29, 1.82) is 0 Å². The molecule has 0 radical (unpaired) electrons. The van der Waals surface area contributed by atoms with E-state index in [4.69, 9.17) is 5.11 Å². The van der Waals surface area contributed by atoms with E-state index in [0.29, 0.717) is 0 Å². The van der Waals surface area contributed by atoms with Gasteiger partial charge in [0, 0.05) is 25.5 Å². The van der Waals surface area contributed by atoms with Crippen LogP contribution in [0.15, 0.2) is 22.8 Å². The maximum Gasteiger partial charge on any atom is 0 e. The first-order chi connectivity index (χ1) is 4.29. The summed E-state index contributed by atoms with van der Waals surface area (Å²) in [4.78, 5) is 9.78. The van der Waals surface area contributed by atoms with Gasteiger partial charge in [0.05, 0.1) is 6.26 Å². The average Bonchev–Trinajstić information content (AvgIpc) is 2.15. The molecular formula is C5H10CaO6Zn. The molecule has 8 heteroatoms. The molecule has 13 heavy (non-hydrogen) atoms. The Labute approximate surface area is 117 Å². The Balaban J connectivity index is -0.000000101. The number of hydrogen-bond donors (Lipinski definition) is 1. The van der Waals surface area contributed by atoms with Gasteiger partial charge in [0.25, 0.3) is 5.95 Å². The van der Waals surface area contributed by atoms with Crippen LogP contribution in [-0.4, -0.2) is 60.0 Å². The van der Waals surface area contributed by atoms with Gasteiger partial charge in [-0.1, -0.05) is 0 Å². The van der Waals surface area contributed by atoms with Crippen LogP contribution in [0.4, 0.5) is 4.79 Å². The summed E-state index contributed by atoms with van der Waals surface area (Å²) in [5, 5.41) is 8.00. The van der Waals surface area contributed by atoms with Crippen LogP contribution in [0.1, 0.15) is 0 Å². The van der Waals surface area contributed by atoms with Crippen molar-refractivity contribution in [2.45, 2.75) is 0 Å². The average molecular weight is 272 g/mol. The third-order valence-electron chi connectivity index (χ3n) is 0.683. The summed E-state index contributed by atoms with van der Waals surface area (Å²) in [5.74, 6) is -0.0116. The zero-order valence-corrected chi connectivity index (χ0v) is 9.08. The van der Waals surface area contributed by atoms with Gasteiger partial charge < -0.3 is 25.2 Å². The molecule has 0 aliphatic carbocycles. The van der Waals surface area contributed by atoms with Crippen molar-refractivity contribution < 1.29 is 49.5 Å². The van der Waals surface area contributed by atoms with Crippen LogP contribution in [0.25, 0.3) is 0 Å². The fraction of sp³-hybridized carbons (Fsp3) is 0. The molecular weight excluding hydrogens is 262 g/mol. The van der Waals surface area contributed by atoms with Gasteiger partial charge in [-0.2, -0.15) is 0 Å². The van der Waals surface area contributed by atoms with Crippen LogP contribution in [0.5, 0.6) is 5.95 Å². The monoisotopic (exact) mass is 270 g/mol. The van der Waals surface area contributed by atoms with Crippen LogP contribution in [0.2, 0.25) is 0 Å². The van der Waals surface area contributed by atoms with Crippen LogP contribution >= 0.6 is 0 Å². The molecule has 70 valence electrons. The largest absolute Gasteiger partial charge is 0 e. The zero-order chi connectivity index (χ0) is 6.69. The summed E-state index contributed by atoms with van der Waals surface area (Å²) in [6.45, 7) is 0. The minimum atomic E-state index is -1.37. The topological polar surface area (TPSA) is 123 Å². The van der Waals surface area contributed by atoms with Gasteiger partial charge in [0.2, 0.25) is 0 Å². The summed E-state index contributed by atoms with van der Waals surface area (Å²) < 4.78 is 8.65. The van der Waals surface area contributed by atoms with E-state index in [1.165, 1.54) is 18.4 Å². The summed E-state index contributed by atoms with van der Waals surface area (Å²) in [6.07, 6.45) is -0.0388. The van der Waals surface area contributed by atoms with Gasteiger partial charge in [0.1, 0.15) is 0 Å². The molecule has 1 aromatic heterocycles. The van der Waals surface area contributed by atoms with Crippen molar-refractivity contribution in [3.63, 3.8) is 0 Å². The third-order valence-corrected chi connectivity index (χ3v) is 0.683. The van der Waals surface area contributed by atoms with Crippen LogP contribution < -0.4 is 4.74 Å². The third kappa shape index (κ3) is 10.3. The van der Waals surface area contributed by atoms with E-state index in [0.717, 1.165) is 0 Å². The van der Waals surface area contributed by atoms with Gasteiger partial charge in [-0.3, -0.25) is 0 Å². The number of carbonyl (C=O) groups is 1. The minimum absolute atomic E-state index is 0. The van der Waals surface area contributed by atoms with Crippen molar-refractivity contribution in [2.75, 3.05) is 0 Å². The summed E-state index contributed by atoms with van der Waals surface area (Å²) in [6, 6.07) is 2.95. The summed E-state index contributed by atoms with van der Waals surface area (Å²) in [5.41, 5.74) is 0. The molecule has 1 heterocycles. The molecule has 0 unspecified atom stereocenters. The van der Waals surface area contributed by atoms with Crippen molar-refractivity contribution in [3.05, 3.63) is 18.4 Å². The van der Waals surface area contributed by atoms with Gasteiger partial charge in [-0.05, 0) is 6.07 Å². The Morgan fingerprint density at radius 2 is 2.00 bits per heavy atom. The van der Waals surface area contributed by atoms with Gasteiger partial charge in [0.15, 0.2) is 0 Å². The van der Waals surface area contributed by atoms with E-state index >= 15 is 0 Å². The first-order valence-electron chi connectivity index (χ1n) is 2.23. The zero-order valence-electron chi connectivity index (χ0n) is 6.11. The molecule has 0 spiro atoms. The van der Waals surface area contributed by atoms with Crippen LogP contribution in [-0.2, 0) is 19.5 Å². The van der Waals surface area contributed by atoms with Crippen molar-refractivity contribution in [3.8, 4) is 5.95 Å². The Kier molecular flexibility index (Phi) is 22.1. The van der Waals surface area contributed by atoms with E-state index in [1.807, 2.05) is 0 Å². The second-order valence-electron chi connectivity index (χ2n) is 1.30. The number of ether oxygens (including phenoxy) is 1. The molecule has 0 atom stereocenters. The second kappa shape index (κ2) is 12.4. The van der Waals surface area contributed by atoms with E-state index in [-0.39, 0.29) is 74.1 Å². The molecule has 6 nitrogen and oxygen atoms in total. The minimum Gasteiger partial charge on any atom is 0 e. The molecule has 5 N–H and O–H groups in total. The van der Waals surface area contributed by atoms with E-state index < -0.39 is 6.16 Å². The van der Waals surface area contributed by atoms with Gasteiger partial charge >= 0.3 is 43.9 Å². The van der Waals surface area contributed by atoms with Crippen molar-refractivity contribution in [2.24, 2.45) is 0 Å². The second-order valence-corrected chi connectivity index (χ2v) is 1.30. The fourth-order valence-corrected chi connectivity index (χ4v) is 0.408. The van der Waals surface area contributed by atoms with Crippen molar-refractivity contribution >= 4 is 43.9 Å². The van der Waals surface area contributed by atoms with Crippen molar-refractivity contribution in [1.82, 2.24) is 0 Å². The van der Waals surface area contributed by atoms with E-state index in [2.05, 4.69) is 9.15 Å². The van der Waals surface area contributed by atoms with Gasteiger partial charge in [-0.25, -0.2) is 4.79 Å². The number of carboxylic acid groups (broad SMARTS) is 1. The molecule has 0 aliphatic rings. The maximum absolute atomic E-state index is 9.78. The maximum atomic E-state index is 9.78. The molecule has 0 amide bonds. The molecule has 0 bridgehead atoms. The summed E-state index contributed by atoms with van der Waals surface area (Å²) >= 11 is 0. The first-order valence-corrected chi connectivity index (χ1v) is 2.23. The smallest absolute Gasteiger partial charge is 0 e.